The van der Waals surface area contributed by atoms with Gasteiger partial charge < -0.3 is 15.2 Å². The fourth-order valence-electron chi connectivity index (χ4n) is 1.96. The highest BCUT2D eigenvalue weighted by atomic mass is 16.5. The summed E-state index contributed by atoms with van der Waals surface area (Å²) < 4.78 is 5.05. The number of rotatable bonds is 7. The van der Waals surface area contributed by atoms with E-state index < -0.39 is 5.91 Å². The van der Waals surface area contributed by atoms with Crippen LogP contribution in [0.25, 0.3) is 0 Å². The van der Waals surface area contributed by atoms with Crippen LogP contribution in [0.4, 0.5) is 5.69 Å². The Labute approximate surface area is 145 Å². The number of hydrazone groups is 1. The van der Waals surface area contributed by atoms with Gasteiger partial charge in [0.05, 0.1) is 13.3 Å². The zero-order valence-corrected chi connectivity index (χ0v) is 13.7. The quantitative estimate of drug-likeness (QED) is 0.531. The van der Waals surface area contributed by atoms with Gasteiger partial charge >= 0.3 is 0 Å². The lowest BCUT2D eigenvalue weighted by Gasteiger charge is -2.04. The van der Waals surface area contributed by atoms with Crippen molar-refractivity contribution in [1.82, 2.24) is 5.43 Å². The number of aromatic hydroxyl groups is 1. The maximum absolute atomic E-state index is 11.8. The van der Waals surface area contributed by atoms with Crippen molar-refractivity contribution in [1.29, 1.82) is 0 Å². The third-order valence-corrected chi connectivity index (χ3v) is 3.26. The molecule has 7 heteroatoms. The number of carbonyl (C=O) groups excluding carboxylic acids is 2. The number of benzene rings is 2. The molecule has 0 aliphatic carbocycles. The molecule has 0 unspecified atom stereocenters. The van der Waals surface area contributed by atoms with Gasteiger partial charge in [-0.15, -0.1) is 0 Å². The molecule has 0 atom stereocenters. The summed E-state index contributed by atoms with van der Waals surface area (Å²) >= 11 is 0. The Bertz CT molecular complexity index is 760. The van der Waals surface area contributed by atoms with Crippen molar-refractivity contribution in [2.75, 3.05) is 12.4 Å². The van der Waals surface area contributed by atoms with Gasteiger partial charge in [0, 0.05) is 24.1 Å². The fraction of sp³-hybridized carbons (Fsp3) is 0.167. The molecule has 25 heavy (non-hydrogen) atoms. The van der Waals surface area contributed by atoms with Gasteiger partial charge in [0.25, 0.3) is 0 Å². The smallest absolute Gasteiger partial charge is 0.240 e. The second-order valence-electron chi connectivity index (χ2n) is 5.13. The molecule has 0 saturated heterocycles. The molecule has 0 saturated carbocycles. The van der Waals surface area contributed by atoms with Gasteiger partial charge in [-0.05, 0) is 30.3 Å². The number of phenolic OH excluding ortho intramolecular Hbond substituents is 1. The molecule has 0 spiro atoms. The van der Waals surface area contributed by atoms with Gasteiger partial charge in [-0.1, -0.05) is 18.2 Å². The molecule has 0 fully saturated rings. The minimum atomic E-state index is -0.401. The highest BCUT2D eigenvalue weighted by Gasteiger charge is 2.07. The Hall–Kier alpha value is -3.35. The van der Waals surface area contributed by atoms with Crippen molar-refractivity contribution in [3.8, 4) is 11.5 Å². The molecule has 2 aromatic carbocycles. The van der Waals surface area contributed by atoms with E-state index in [1.165, 1.54) is 19.4 Å². The monoisotopic (exact) mass is 341 g/mol. The first-order valence-electron chi connectivity index (χ1n) is 7.62. The molecule has 0 aliphatic rings. The topological polar surface area (TPSA) is 100 Å². The number of hydrogen-bond donors (Lipinski definition) is 3. The highest BCUT2D eigenvalue weighted by molar-refractivity contribution is 5.93. The van der Waals surface area contributed by atoms with E-state index >= 15 is 0 Å². The van der Waals surface area contributed by atoms with Crippen LogP contribution in [0.5, 0.6) is 11.5 Å². The number of carbonyl (C=O) groups is 2. The molecule has 130 valence electrons. The van der Waals surface area contributed by atoms with Crippen molar-refractivity contribution in [2.45, 2.75) is 12.8 Å². The number of anilines is 1. The lowest BCUT2D eigenvalue weighted by Crippen LogP contribution is -2.20. The van der Waals surface area contributed by atoms with Crippen molar-refractivity contribution in [3.05, 3.63) is 54.1 Å². The summed E-state index contributed by atoms with van der Waals surface area (Å²) in [7, 11) is 1.51. The first-order chi connectivity index (χ1) is 12.1. The summed E-state index contributed by atoms with van der Waals surface area (Å²) in [5.74, 6) is -0.0817. The number of ether oxygens (including phenoxy) is 1. The Morgan fingerprint density at radius 2 is 1.84 bits per heavy atom. The van der Waals surface area contributed by atoms with Crippen molar-refractivity contribution < 1.29 is 19.4 Å². The number of nitrogens with one attached hydrogen (secondary N) is 2. The van der Waals surface area contributed by atoms with Crippen LogP contribution in [0.2, 0.25) is 0 Å². The number of phenols is 1. The Morgan fingerprint density at radius 1 is 1.12 bits per heavy atom. The molecule has 0 bridgehead atoms. The molecule has 3 N–H and O–H groups in total. The molecule has 2 amide bonds. The predicted octanol–water partition coefficient (Wildman–Crippen LogP) is 2.27. The lowest BCUT2D eigenvalue weighted by atomic mass is 10.2. The Kier molecular flexibility index (Phi) is 6.53. The summed E-state index contributed by atoms with van der Waals surface area (Å²) in [5.41, 5.74) is 3.40. The first-order valence-corrected chi connectivity index (χ1v) is 7.62. The van der Waals surface area contributed by atoms with E-state index in [1.54, 1.807) is 24.3 Å². The minimum absolute atomic E-state index is 0.0000990. The van der Waals surface area contributed by atoms with Crippen LogP contribution in [0.3, 0.4) is 0 Å². The molecule has 2 aromatic rings. The van der Waals surface area contributed by atoms with Gasteiger partial charge in [-0.25, -0.2) is 5.43 Å². The van der Waals surface area contributed by atoms with Gasteiger partial charge in [0.2, 0.25) is 11.8 Å². The summed E-state index contributed by atoms with van der Waals surface area (Å²) in [6, 6.07) is 13.7. The van der Waals surface area contributed by atoms with E-state index in [2.05, 4.69) is 15.8 Å². The third-order valence-electron chi connectivity index (χ3n) is 3.26. The zero-order valence-electron chi connectivity index (χ0n) is 13.7. The SMILES string of the molecule is COc1ccc(O)c(/C=N\NC(=O)CCC(=O)Nc2ccccc2)c1. The first kappa shape index (κ1) is 18.0. The summed E-state index contributed by atoms with van der Waals surface area (Å²) in [5, 5.41) is 16.2. The van der Waals surface area contributed by atoms with E-state index in [9.17, 15) is 14.7 Å². The molecule has 2 rings (SSSR count). The molecular weight excluding hydrogens is 322 g/mol. The van der Waals surface area contributed by atoms with Gasteiger partial charge in [-0.3, -0.25) is 9.59 Å². The number of para-hydroxylation sites is 1. The van der Waals surface area contributed by atoms with Crippen molar-refractivity contribution >= 4 is 23.7 Å². The average molecular weight is 341 g/mol. The number of methoxy groups -OCH3 is 1. The molecule has 0 radical (unpaired) electrons. The minimum Gasteiger partial charge on any atom is -0.507 e. The summed E-state index contributed by atoms with van der Waals surface area (Å²) in [6.07, 6.45) is 1.35. The lowest BCUT2D eigenvalue weighted by molar-refractivity contribution is -0.124. The fourth-order valence-corrected chi connectivity index (χ4v) is 1.96. The van der Waals surface area contributed by atoms with Crippen LogP contribution in [-0.4, -0.2) is 30.2 Å². The van der Waals surface area contributed by atoms with Crippen LogP contribution in [0, 0.1) is 0 Å². The molecular formula is C18H19N3O4. The molecule has 0 heterocycles. The summed E-state index contributed by atoms with van der Waals surface area (Å²) in [4.78, 5) is 23.5. The van der Waals surface area contributed by atoms with E-state index in [0.717, 1.165) is 0 Å². The van der Waals surface area contributed by atoms with Gasteiger partial charge in [-0.2, -0.15) is 5.10 Å². The van der Waals surface area contributed by atoms with Crippen LogP contribution in [0.15, 0.2) is 53.6 Å². The number of amides is 2. The largest absolute Gasteiger partial charge is 0.507 e. The second kappa shape index (κ2) is 9.07. The van der Waals surface area contributed by atoms with Crippen LogP contribution in [-0.2, 0) is 9.59 Å². The van der Waals surface area contributed by atoms with Crippen molar-refractivity contribution in [3.63, 3.8) is 0 Å². The van der Waals surface area contributed by atoms with E-state index in [-0.39, 0.29) is 24.5 Å². The zero-order chi connectivity index (χ0) is 18.1. The van der Waals surface area contributed by atoms with Crippen LogP contribution in [0.1, 0.15) is 18.4 Å². The maximum Gasteiger partial charge on any atom is 0.240 e. The number of nitrogens with zero attached hydrogens (tertiary/aromatic N) is 1. The molecule has 7 nitrogen and oxygen atoms in total. The highest BCUT2D eigenvalue weighted by Crippen LogP contribution is 2.20. The standard InChI is InChI=1S/C18H19N3O4/c1-25-15-7-8-16(22)13(11-15)12-19-21-18(24)10-9-17(23)20-14-5-3-2-4-6-14/h2-8,11-12,22H,9-10H2,1H3,(H,20,23)(H,21,24)/b19-12-. The van der Waals surface area contributed by atoms with E-state index in [4.69, 9.17) is 4.74 Å². The molecule has 0 aliphatic heterocycles. The predicted molar refractivity (Wildman–Crippen MR) is 94.7 cm³/mol. The molecule has 0 aromatic heterocycles. The average Bonchev–Trinajstić information content (AvgIpc) is 2.62. The van der Waals surface area contributed by atoms with Crippen LogP contribution < -0.4 is 15.5 Å². The van der Waals surface area contributed by atoms with Gasteiger partial charge in [0.15, 0.2) is 0 Å². The second-order valence-corrected chi connectivity index (χ2v) is 5.13. The normalized spacial score (nSPS) is 10.4. The Morgan fingerprint density at radius 3 is 2.56 bits per heavy atom. The third kappa shape index (κ3) is 5.98. The Balaban J connectivity index is 1.78. The van der Waals surface area contributed by atoms with Crippen molar-refractivity contribution in [2.24, 2.45) is 5.10 Å². The summed E-state index contributed by atoms with van der Waals surface area (Å²) in [6.45, 7) is 0. The maximum atomic E-state index is 11.8. The van der Waals surface area contributed by atoms with E-state index in [0.29, 0.717) is 17.0 Å². The van der Waals surface area contributed by atoms with Crippen LogP contribution >= 0.6 is 0 Å². The van der Waals surface area contributed by atoms with Gasteiger partial charge in [0.1, 0.15) is 11.5 Å². The van der Waals surface area contributed by atoms with E-state index in [1.807, 2.05) is 18.2 Å². The number of hydrogen-bond acceptors (Lipinski definition) is 5.